The summed E-state index contributed by atoms with van der Waals surface area (Å²) in [5.41, 5.74) is 0. The summed E-state index contributed by atoms with van der Waals surface area (Å²) in [6.45, 7) is 6.88. The zero-order valence-corrected chi connectivity index (χ0v) is 9.27. The Bertz CT molecular complexity index is 115. The molecule has 2 unspecified atom stereocenters. The normalized spacial score (nSPS) is 17.8. The first-order chi connectivity index (χ1) is 6.60. The lowest BCUT2D eigenvalue weighted by atomic mass is 10.2. The topological polar surface area (TPSA) is 58.9 Å². The van der Waals surface area contributed by atoms with Crippen molar-refractivity contribution in [3.63, 3.8) is 0 Å². The molecule has 0 radical (unpaired) electrons. The lowest BCUT2D eigenvalue weighted by molar-refractivity contribution is -0.0331. The molecule has 2 atom stereocenters. The first-order valence-electron chi connectivity index (χ1n) is 5.05. The van der Waals surface area contributed by atoms with Crippen LogP contribution in [0.15, 0.2) is 0 Å². The Balaban J connectivity index is 3.40. The van der Waals surface area contributed by atoms with Gasteiger partial charge in [0, 0.05) is 5.92 Å². The van der Waals surface area contributed by atoms with Crippen LogP contribution >= 0.6 is 0 Å². The molecule has 0 aliphatic rings. The van der Waals surface area contributed by atoms with E-state index in [0.29, 0.717) is 13.2 Å². The van der Waals surface area contributed by atoms with E-state index in [1.165, 1.54) is 0 Å². The molecule has 0 amide bonds. The second-order valence-electron chi connectivity index (χ2n) is 3.76. The average molecular weight is 206 g/mol. The molecule has 14 heavy (non-hydrogen) atoms. The molecular weight excluding hydrogens is 184 g/mol. The molecule has 0 aromatic carbocycles. The van der Waals surface area contributed by atoms with Gasteiger partial charge in [-0.1, -0.05) is 6.92 Å². The molecule has 0 spiro atoms. The second kappa shape index (κ2) is 8.17. The predicted molar refractivity (Wildman–Crippen MR) is 54.2 cm³/mol. The van der Waals surface area contributed by atoms with Crippen molar-refractivity contribution in [3.05, 3.63) is 0 Å². The Labute approximate surface area is 85.8 Å². The quantitative estimate of drug-likeness (QED) is 0.604. The van der Waals surface area contributed by atoms with Crippen molar-refractivity contribution in [3.8, 4) is 0 Å². The Morgan fingerprint density at radius 2 is 1.21 bits per heavy atom. The fourth-order valence-electron chi connectivity index (χ4n) is 0.811. The van der Waals surface area contributed by atoms with Crippen LogP contribution in [-0.2, 0) is 9.47 Å². The summed E-state index contributed by atoms with van der Waals surface area (Å²) in [7, 11) is 0. The molecule has 4 heteroatoms. The van der Waals surface area contributed by atoms with E-state index in [4.69, 9.17) is 19.7 Å². The van der Waals surface area contributed by atoms with Crippen molar-refractivity contribution in [1.29, 1.82) is 0 Å². The highest BCUT2D eigenvalue weighted by atomic mass is 16.5. The number of rotatable bonds is 8. The van der Waals surface area contributed by atoms with Crippen molar-refractivity contribution in [1.82, 2.24) is 0 Å². The van der Waals surface area contributed by atoms with Gasteiger partial charge in [-0.05, 0) is 13.8 Å². The zero-order chi connectivity index (χ0) is 11.0. The molecule has 0 bridgehead atoms. The van der Waals surface area contributed by atoms with E-state index in [0.717, 1.165) is 0 Å². The highest BCUT2D eigenvalue weighted by Crippen LogP contribution is 2.02. The van der Waals surface area contributed by atoms with E-state index in [1.807, 2.05) is 20.8 Å². The van der Waals surface area contributed by atoms with Gasteiger partial charge in [0.25, 0.3) is 0 Å². The first kappa shape index (κ1) is 13.8. The monoisotopic (exact) mass is 206 g/mol. The standard InChI is InChI=1S/C10H22O4/c1-8(6-13-9(2)4-11)7-14-10(3)5-12/h8-12H,4-7H2,1-3H3. The molecule has 0 aliphatic carbocycles. The minimum absolute atomic E-state index is 0.0423. The van der Waals surface area contributed by atoms with Gasteiger partial charge in [0.15, 0.2) is 0 Å². The maximum absolute atomic E-state index is 8.71. The van der Waals surface area contributed by atoms with Crippen molar-refractivity contribution in [2.75, 3.05) is 26.4 Å². The van der Waals surface area contributed by atoms with E-state index in [-0.39, 0.29) is 31.3 Å². The maximum atomic E-state index is 8.71. The Morgan fingerprint density at radius 1 is 0.857 bits per heavy atom. The van der Waals surface area contributed by atoms with Gasteiger partial charge in [-0.2, -0.15) is 0 Å². The SMILES string of the molecule is CC(COC(C)CO)COC(C)CO. The summed E-state index contributed by atoms with van der Waals surface area (Å²) in [4.78, 5) is 0. The van der Waals surface area contributed by atoms with Crippen LogP contribution in [0.4, 0.5) is 0 Å². The minimum Gasteiger partial charge on any atom is -0.394 e. The molecule has 0 heterocycles. The fraction of sp³-hybridized carbons (Fsp3) is 1.00. The molecule has 86 valence electrons. The Hall–Kier alpha value is -0.160. The van der Waals surface area contributed by atoms with Gasteiger partial charge in [-0.15, -0.1) is 0 Å². The van der Waals surface area contributed by atoms with Crippen LogP contribution in [0.5, 0.6) is 0 Å². The van der Waals surface area contributed by atoms with Crippen LogP contribution < -0.4 is 0 Å². The molecule has 0 aromatic rings. The van der Waals surface area contributed by atoms with Gasteiger partial charge in [0.2, 0.25) is 0 Å². The van der Waals surface area contributed by atoms with Gasteiger partial charge < -0.3 is 19.7 Å². The highest BCUT2D eigenvalue weighted by Gasteiger charge is 2.08. The maximum Gasteiger partial charge on any atom is 0.0777 e. The van der Waals surface area contributed by atoms with Crippen LogP contribution in [0.3, 0.4) is 0 Å². The number of hydrogen-bond donors (Lipinski definition) is 2. The van der Waals surface area contributed by atoms with Crippen molar-refractivity contribution in [2.24, 2.45) is 5.92 Å². The van der Waals surface area contributed by atoms with Gasteiger partial charge in [-0.25, -0.2) is 0 Å². The molecule has 2 N–H and O–H groups in total. The zero-order valence-electron chi connectivity index (χ0n) is 9.27. The highest BCUT2D eigenvalue weighted by molar-refractivity contribution is 4.54. The summed E-state index contributed by atoms with van der Waals surface area (Å²) in [5.74, 6) is 0.276. The van der Waals surface area contributed by atoms with Crippen LogP contribution in [0, 0.1) is 5.92 Å². The van der Waals surface area contributed by atoms with E-state index in [2.05, 4.69) is 0 Å². The molecule has 4 nitrogen and oxygen atoms in total. The predicted octanol–water partition coefficient (Wildman–Crippen LogP) is 0.417. The number of aliphatic hydroxyl groups is 2. The summed E-state index contributed by atoms with van der Waals surface area (Å²) in [6, 6.07) is 0. The third-order valence-electron chi connectivity index (χ3n) is 1.84. The summed E-state index contributed by atoms with van der Waals surface area (Å²) >= 11 is 0. The first-order valence-corrected chi connectivity index (χ1v) is 5.05. The lowest BCUT2D eigenvalue weighted by Crippen LogP contribution is -2.23. The summed E-state index contributed by atoms with van der Waals surface area (Å²) in [6.07, 6.45) is -0.236. The summed E-state index contributed by atoms with van der Waals surface area (Å²) < 4.78 is 10.7. The molecule has 0 saturated heterocycles. The number of ether oxygens (including phenoxy) is 2. The Kier molecular flexibility index (Phi) is 8.08. The van der Waals surface area contributed by atoms with Gasteiger partial charge in [0.05, 0.1) is 38.6 Å². The smallest absolute Gasteiger partial charge is 0.0777 e. The van der Waals surface area contributed by atoms with Crippen LogP contribution in [0.2, 0.25) is 0 Å². The minimum atomic E-state index is -0.118. The molecule has 0 aromatic heterocycles. The lowest BCUT2D eigenvalue weighted by Gasteiger charge is -2.17. The second-order valence-corrected chi connectivity index (χ2v) is 3.76. The van der Waals surface area contributed by atoms with Crippen LogP contribution in [0.1, 0.15) is 20.8 Å². The molecule has 0 saturated carbocycles. The van der Waals surface area contributed by atoms with E-state index in [9.17, 15) is 0 Å². The molecule has 0 rings (SSSR count). The van der Waals surface area contributed by atoms with Crippen molar-refractivity contribution < 1.29 is 19.7 Å². The third kappa shape index (κ3) is 7.26. The molecule has 0 aliphatic heterocycles. The third-order valence-corrected chi connectivity index (χ3v) is 1.84. The summed E-state index contributed by atoms with van der Waals surface area (Å²) in [5, 5.41) is 17.4. The van der Waals surface area contributed by atoms with Crippen molar-refractivity contribution in [2.45, 2.75) is 33.0 Å². The molecular formula is C10H22O4. The number of aliphatic hydroxyl groups excluding tert-OH is 2. The average Bonchev–Trinajstić information content (AvgIpc) is 2.22. The van der Waals surface area contributed by atoms with Gasteiger partial charge in [0.1, 0.15) is 0 Å². The van der Waals surface area contributed by atoms with Crippen LogP contribution in [0.25, 0.3) is 0 Å². The van der Waals surface area contributed by atoms with E-state index >= 15 is 0 Å². The van der Waals surface area contributed by atoms with Gasteiger partial charge in [-0.3, -0.25) is 0 Å². The van der Waals surface area contributed by atoms with Gasteiger partial charge >= 0.3 is 0 Å². The largest absolute Gasteiger partial charge is 0.394 e. The fourth-order valence-corrected chi connectivity index (χ4v) is 0.811. The van der Waals surface area contributed by atoms with E-state index < -0.39 is 0 Å². The van der Waals surface area contributed by atoms with Crippen molar-refractivity contribution >= 4 is 0 Å². The molecule has 0 fully saturated rings. The Morgan fingerprint density at radius 3 is 1.50 bits per heavy atom. The number of hydrogen-bond acceptors (Lipinski definition) is 4. The van der Waals surface area contributed by atoms with Crippen LogP contribution in [-0.4, -0.2) is 48.8 Å². The van der Waals surface area contributed by atoms with E-state index in [1.54, 1.807) is 0 Å².